The van der Waals surface area contributed by atoms with E-state index in [0.717, 1.165) is 12.1 Å². The molecule has 144 valence electrons. The first-order chi connectivity index (χ1) is 11.9. The average Bonchev–Trinajstić information content (AvgIpc) is 2.85. The molecule has 3 amide bonds. The molecule has 1 saturated heterocycles. The zero-order valence-electron chi connectivity index (χ0n) is 15.1. The van der Waals surface area contributed by atoms with E-state index in [1.165, 1.54) is 21.9 Å². The molecule has 0 saturated carbocycles. The minimum absolute atomic E-state index is 0.290. The average molecular weight is 373 g/mol. The van der Waals surface area contributed by atoms with Crippen LogP contribution in [0, 0.1) is 0 Å². The first-order valence-corrected chi connectivity index (χ1v) is 8.10. The highest BCUT2D eigenvalue weighted by atomic mass is 19.4. The lowest BCUT2D eigenvalue weighted by Crippen LogP contribution is -2.52. The molecule has 1 fully saturated rings. The van der Waals surface area contributed by atoms with Crippen molar-refractivity contribution in [1.29, 1.82) is 0 Å². The monoisotopic (exact) mass is 373 g/mol. The number of nitrogens with zero attached hydrogens (tertiary/aromatic N) is 2. The van der Waals surface area contributed by atoms with Crippen LogP contribution < -0.4 is 15.0 Å². The Hall–Kier alpha value is -2.45. The maximum Gasteiger partial charge on any atom is 0.573 e. The van der Waals surface area contributed by atoms with E-state index in [2.05, 4.69) is 10.1 Å². The molecule has 0 bridgehead atoms. The van der Waals surface area contributed by atoms with Crippen molar-refractivity contribution in [3.63, 3.8) is 0 Å². The number of anilines is 1. The molecule has 1 aliphatic heterocycles. The SMILES string of the molecule is CN(C(=O)NC1CCN(c2cccc(OC(F)(F)F)c2)C1=O)C(C)(C)C. The second kappa shape index (κ2) is 7.05. The molecule has 2 rings (SSSR count). The van der Waals surface area contributed by atoms with Crippen LogP contribution in [0.5, 0.6) is 5.75 Å². The number of rotatable bonds is 3. The number of carbonyl (C=O) groups excluding carboxylic acids is 2. The van der Waals surface area contributed by atoms with E-state index in [4.69, 9.17) is 0 Å². The summed E-state index contributed by atoms with van der Waals surface area (Å²) < 4.78 is 40.9. The van der Waals surface area contributed by atoms with Gasteiger partial charge >= 0.3 is 12.4 Å². The van der Waals surface area contributed by atoms with Crippen molar-refractivity contribution >= 4 is 17.6 Å². The van der Waals surface area contributed by atoms with Gasteiger partial charge in [0, 0.05) is 30.9 Å². The highest BCUT2D eigenvalue weighted by Gasteiger charge is 2.36. The van der Waals surface area contributed by atoms with Crippen LogP contribution in [0.2, 0.25) is 0 Å². The zero-order chi connectivity index (χ0) is 19.7. The Morgan fingerprint density at radius 2 is 1.96 bits per heavy atom. The van der Waals surface area contributed by atoms with Crippen LogP contribution >= 0.6 is 0 Å². The molecular formula is C17H22F3N3O3. The Kier molecular flexibility index (Phi) is 5.39. The Morgan fingerprint density at radius 3 is 2.54 bits per heavy atom. The van der Waals surface area contributed by atoms with Crippen LogP contribution in [0.15, 0.2) is 24.3 Å². The smallest absolute Gasteiger partial charge is 0.406 e. The number of nitrogens with one attached hydrogen (secondary N) is 1. The summed E-state index contributed by atoms with van der Waals surface area (Å²) in [5, 5.41) is 2.67. The van der Waals surface area contributed by atoms with Crippen LogP contribution in [0.25, 0.3) is 0 Å². The summed E-state index contributed by atoms with van der Waals surface area (Å²) in [5.74, 6) is -0.771. The molecule has 1 atom stereocenters. The van der Waals surface area contributed by atoms with Gasteiger partial charge in [-0.05, 0) is 39.3 Å². The zero-order valence-corrected chi connectivity index (χ0v) is 15.1. The Bertz CT molecular complexity index is 686. The van der Waals surface area contributed by atoms with E-state index in [0.29, 0.717) is 13.0 Å². The van der Waals surface area contributed by atoms with Crippen molar-refractivity contribution in [2.75, 3.05) is 18.5 Å². The number of ether oxygens (including phenoxy) is 1. The normalized spacial score (nSPS) is 18.0. The summed E-state index contributed by atoms with van der Waals surface area (Å²) >= 11 is 0. The number of hydrogen-bond acceptors (Lipinski definition) is 3. The minimum atomic E-state index is -4.80. The number of halogens is 3. The number of carbonyl (C=O) groups is 2. The van der Waals surface area contributed by atoms with E-state index < -0.39 is 23.7 Å². The summed E-state index contributed by atoms with van der Waals surface area (Å²) in [6, 6.07) is 4.10. The van der Waals surface area contributed by atoms with Crippen molar-refractivity contribution in [3.8, 4) is 5.75 Å². The number of benzene rings is 1. The summed E-state index contributed by atoms with van der Waals surface area (Å²) in [7, 11) is 1.63. The number of urea groups is 1. The molecular weight excluding hydrogens is 351 g/mol. The number of alkyl halides is 3. The molecule has 0 aromatic heterocycles. The third-order valence-corrected chi connectivity index (χ3v) is 4.18. The summed E-state index contributed by atoms with van der Waals surface area (Å²) in [6.07, 6.45) is -4.44. The number of amides is 3. The molecule has 6 nitrogen and oxygen atoms in total. The topological polar surface area (TPSA) is 61.9 Å². The maximum absolute atomic E-state index is 12.5. The van der Waals surface area contributed by atoms with Gasteiger partial charge in [-0.25, -0.2) is 4.79 Å². The molecule has 1 aliphatic rings. The third kappa shape index (κ3) is 4.80. The van der Waals surface area contributed by atoms with Gasteiger partial charge in [0.15, 0.2) is 0 Å². The Balaban J connectivity index is 2.07. The fourth-order valence-electron chi connectivity index (χ4n) is 2.47. The molecule has 0 spiro atoms. The highest BCUT2D eigenvalue weighted by molar-refractivity contribution is 6.01. The van der Waals surface area contributed by atoms with Crippen LogP contribution in [0.1, 0.15) is 27.2 Å². The van der Waals surface area contributed by atoms with Gasteiger partial charge in [-0.3, -0.25) is 4.79 Å². The van der Waals surface area contributed by atoms with Crippen LogP contribution in [0.4, 0.5) is 23.7 Å². The Morgan fingerprint density at radius 1 is 1.31 bits per heavy atom. The van der Waals surface area contributed by atoms with E-state index >= 15 is 0 Å². The lowest BCUT2D eigenvalue weighted by molar-refractivity contribution is -0.274. The van der Waals surface area contributed by atoms with Crippen molar-refractivity contribution in [3.05, 3.63) is 24.3 Å². The van der Waals surface area contributed by atoms with Crippen LogP contribution in [-0.4, -0.2) is 48.4 Å². The van der Waals surface area contributed by atoms with Gasteiger partial charge in [-0.1, -0.05) is 6.07 Å². The molecule has 1 unspecified atom stereocenters. The van der Waals surface area contributed by atoms with Gasteiger partial charge in [0.2, 0.25) is 5.91 Å². The van der Waals surface area contributed by atoms with Gasteiger partial charge in [0.25, 0.3) is 0 Å². The fourth-order valence-corrected chi connectivity index (χ4v) is 2.47. The molecule has 1 aromatic rings. The van der Waals surface area contributed by atoms with Gasteiger partial charge in [0.05, 0.1) is 0 Å². The molecule has 1 heterocycles. The molecule has 9 heteroatoms. The first-order valence-electron chi connectivity index (χ1n) is 8.10. The number of hydrogen-bond donors (Lipinski definition) is 1. The van der Waals surface area contributed by atoms with Crippen molar-refractivity contribution in [1.82, 2.24) is 10.2 Å². The van der Waals surface area contributed by atoms with E-state index in [1.54, 1.807) is 7.05 Å². The minimum Gasteiger partial charge on any atom is -0.406 e. The van der Waals surface area contributed by atoms with Gasteiger partial charge in [0.1, 0.15) is 11.8 Å². The molecule has 26 heavy (non-hydrogen) atoms. The van der Waals surface area contributed by atoms with Crippen molar-refractivity contribution in [2.24, 2.45) is 0 Å². The summed E-state index contributed by atoms with van der Waals surface area (Å²) in [5.41, 5.74) is -0.119. The summed E-state index contributed by atoms with van der Waals surface area (Å²) in [6.45, 7) is 5.88. The second-order valence-corrected chi connectivity index (χ2v) is 7.06. The quantitative estimate of drug-likeness (QED) is 0.886. The lowest BCUT2D eigenvalue weighted by atomic mass is 10.1. The molecule has 1 N–H and O–H groups in total. The van der Waals surface area contributed by atoms with E-state index in [9.17, 15) is 22.8 Å². The fraction of sp³-hybridized carbons (Fsp3) is 0.529. The molecule has 0 aliphatic carbocycles. The standard InChI is InChI=1S/C17H22F3N3O3/c1-16(2,3)22(4)15(25)21-13-8-9-23(14(13)24)11-6-5-7-12(10-11)26-17(18,19)20/h5-7,10,13H,8-9H2,1-4H3,(H,21,25). The second-order valence-electron chi connectivity index (χ2n) is 7.06. The van der Waals surface area contributed by atoms with Crippen LogP contribution in [-0.2, 0) is 4.79 Å². The van der Waals surface area contributed by atoms with Crippen molar-refractivity contribution in [2.45, 2.75) is 45.1 Å². The molecule has 1 aromatic carbocycles. The third-order valence-electron chi connectivity index (χ3n) is 4.18. The van der Waals surface area contributed by atoms with Crippen LogP contribution in [0.3, 0.4) is 0 Å². The van der Waals surface area contributed by atoms with Gasteiger partial charge < -0.3 is 19.9 Å². The lowest BCUT2D eigenvalue weighted by Gasteiger charge is -2.32. The maximum atomic E-state index is 12.5. The van der Waals surface area contributed by atoms with E-state index in [-0.39, 0.29) is 17.6 Å². The predicted octanol–water partition coefficient (Wildman–Crippen LogP) is 3.13. The predicted molar refractivity (Wildman–Crippen MR) is 89.9 cm³/mol. The first kappa shape index (κ1) is 19.9. The molecule has 0 radical (unpaired) electrons. The van der Waals surface area contributed by atoms with E-state index in [1.807, 2.05) is 20.8 Å². The summed E-state index contributed by atoms with van der Waals surface area (Å²) in [4.78, 5) is 27.6. The largest absolute Gasteiger partial charge is 0.573 e. The Labute approximate surface area is 149 Å². The van der Waals surface area contributed by atoms with Crippen molar-refractivity contribution < 1.29 is 27.5 Å². The van der Waals surface area contributed by atoms with Gasteiger partial charge in [-0.15, -0.1) is 13.2 Å². The van der Waals surface area contributed by atoms with Gasteiger partial charge in [-0.2, -0.15) is 0 Å². The highest BCUT2D eigenvalue weighted by Crippen LogP contribution is 2.29.